The van der Waals surface area contributed by atoms with Crippen LogP contribution in [-0.4, -0.2) is 35.6 Å². The fraction of sp³-hybridized carbons (Fsp3) is 0.611. The largest absolute Gasteiger partial charge is 0.434 e. The molecule has 0 saturated carbocycles. The molecule has 2 heterocycles. The summed E-state index contributed by atoms with van der Waals surface area (Å²) in [5.74, 6) is 0.641. The molecule has 0 aromatic carbocycles. The molecule has 0 aliphatic carbocycles. The third-order valence-corrected chi connectivity index (χ3v) is 5.55. The molecule has 0 aliphatic heterocycles. The minimum Gasteiger partial charge on any atom is -0.357 e. The monoisotopic (exact) mass is 433 g/mol. The third-order valence-electron chi connectivity index (χ3n) is 3.73. The van der Waals surface area contributed by atoms with Crippen LogP contribution in [0.4, 0.5) is 13.2 Å². The first kappa shape index (κ1) is 22.6. The number of nitrogens with zero attached hydrogens (tertiary/aromatic N) is 3. The van der Waals surface area contributed by atoms with E-state index < -0.39 is 11.9 Å². The van der Waals surface area contributed by atoms with Crippen LogP contribution >= 0.6 is 22.7 Å². The zero-order valence-electron chi connectivity index (χ0n) is 16.5. The summed E-state index contributed by atoms with van der Waals surface area (Å²) in [7, 11) is 0. The molecule has 156 valence electrons. The van der Waals surface area contributed by atoms with Gasteiger partial charge in [-0.05, 0) is 6.92 Å². The lowest BCUT2D eigenvalue weighted by Gasteiger charge is -2.14. The van der Waals surface area contributed by atoms with E-state index in [1.165, 1.54) is 0 Å². The fourth-order valence-corrected chi connectivity index (χ4v) is 4.04. The van der Waals surface area contributed by atoms with E-state index in [9.17, 15) is 13.2 Å². The number of rotatable bonds is 7. The molecule has 2 N–H and O–H groups in total. The van der Waals surface area contributed by atoms with E-state index in [0.29, 0.717) is 37.0 Å². The van der Waals surface area contributed by atoms with Crippen molar-refractivity contribution in [1.82, 2.24) is 20.6 Å². The molecule has 0 unspecified atom stereocenters. The molecule has 0 spiro atoms. The summed E-state index contributed by atoms with van der Waals surface area (Å²) in [5, 5.41) is 10.9. The summed E-state index contributed by atoms with van der Waals surface area (Å²) < 4.78 is 37.8. The van der Waals surface area contributed by atoms with Crippen LogP contribution in [0.3, 0.4) is 0 Å². The molecule has 0 fully saturated rings. The highest BCUT2D eigenvalue weighted by molar-refractivity contribution is 7.09. The molecule has 2 aromatic rings. The average molecular weight is 434 g/mol. The van der Waals surface area contributed by atoms with Crippen molar-refractivity contribution in [2.45, 2.75) is 52.1 Å². The van der Waals surface area contributed by atoms with Gasteiger partial charge in [-0.3, -0.25) is 4.99 Å². The Morgan fingerprint density at radius 2 is 1.61 bits per heavy atom. The standard InChI is InChI=1S/C18H26F3N5S2/c1-5-22-16(23-8-6-14-25-12(10-27-14)17(2,3)4)24-9-7-15-26-13(11-28-15)18(19,20)21/h10-11H,5-9H2,1-4H3,(H2,22,23,24). The van der Waals surface area contributed by atoms with Crippen LogP contribution in [0.15, 0.2) is 15.8 Å². The van der Waals surface area contributed by atoms with Crippen LogP contribution in [0, 0.1) is 0 Å². The molecule has 0 atom stereocenters. The number of alkyl halides is 3. The number of halogens is 3. The van der Waals surface area contributed by atoms with Gasteiger partial charge in [0.15, 0.2) is 11.7 Å². The fourth-order valence-electron chi connectivity index (χ4n) is 2.22. The highest BCUT2D eigenvalue weighted by Crippen LogP contribution is 2.30. The number of guanidine groups is 1. The zero-order valence-corrected chi connectivity index (χ0v) is 18.1. The first-order valence-electron chi connectivity index (χ1n) is 9.08. The maximum absolute atomic E-state index is 12.6. The Hall–Kier alpha value is -1.68. The lowest BCUT2D eigenvalue weighted by Crippen LogP contribution is -2.38. The van der Waals surface area contributed by atoms with Gasteiger partial charge in [-0.25, -0.2) is 9.97 Å². The van der Waals surface area contributed by atoms with Crippen LogP contribution in [0.1, 0.15) is 49.1 Å². The summed E-state index contributed by atoms with van der Waals surface area (Å²) in [5.41, 5.74) is 0.297. The van der Waals surface area contributed by atoms with E-state index in [4.69, 9.17) is 0 Å². The topological polar surface area (TPSA) is 62.2 Å². The Bertz CT molecular complexity index is 775. The van der Waals surface area contributed by atoms with Crippen LogP contribution in [0.5, 0.6) is 0 Å². The van der Waals surface area contributed by atoms with Crippen LogP contribution < -0.4 is 10.6 Å². The van der Waals surface area contributed by atoms with Gasteiger partial charge in [0.05, 0.1) is 15.7 Å². The minimum absolute atomic E-state index is 0.0380. The molecule has 0 amide bonds. The van der Waals surface area contributed by atoms with E-state index in [-0.39, 0.29) is 5.41 Å². The van der Waals surface area contributed by atoms with Crippen molar-refractivity contribution in [3.63, 3.8) is 0 Å². The second kappa shape index (κ2) is 9.69. The number of nitrogens with one attached hydrogen (secondary N) is 2. The summed E-state index contributed by atoms with van der Waals surface area (Å²) in [6, 6.07) is 0. The maximum atomic E-state index is 12.6. The van der Waals surface area contributed by atoms with Crippen molar-refractivity contribution in [2.24, 2.45) is 4.99 Å². The SMILES string of the molecule is CCNC(=NCCc1nc(C(C)(C)C)cs1)NCCc1nc(C(F)(F)F)cs1. The maximum Gasteiger partial charge on any atom is 0.434 e. The highest BCUT2D eigenvalue weighted by Gasteiger charge is 2.33. The van der Waals surface area contributed by atoms with Crippen molar-refractivity contribution in [1.29, 1.82) is 0 Å². The quantitative estimate of drug-likeness (QED) is 0.506. The Kier molecular flexibility index (Phi) is 7.82. The van der Waals surface area contributed by atoms with Gasteiger partial charge in [0.25, 0.3) is 0 Å². The molecule has 0 aliphatic rings. The third kappa shape index (κ3) is 7.05. The normalized spacial score (nSPS) is 13.0. The molecule has 0 bridgehead atoms. The van der Waals surface area contributed by atoms with Crippen molar-refractivity contribution in [3.8, 4) is 0 Å². The van der Waals surface area contributed by atoms with Crippen LogP contribution in [0.25, 0.3) is 0 Å². The smallest absolute Gasteiger partial charge is 0.357 e. The van der Waals surface area contributed by atoms with Gasteiger partial charge in [-0.1, -0.05) is 20.8 Å². The Balaban J connectivity index is 1.83. The van der Waals surface area contributed by atoms with Gasteiger partial charge in [-0.15, -0.1) is 22.7 Å². The summed E-state index contributed by atoms with van der Waals surface area (Å²) in [6.45, 7) is 10.1. The molecule has 2 rings (SSSR count). The van der Waals surface area contributed by atoms with Crippen molar-refractivity contribution < 1.29 is 13.2 Å². The summed E-state index contributed by atoms with van der Waals surface area (Å²) in [4.78, 5) is 12.8. The summed E-state index contributed by atoms with van der Waals surface area (Å²) >= 11 is 2.66. The zero-order chi connectivity index (χ0) is 20.8. The van der Waals surface area contributed by atoms with E-state index in [2.05, 4.69) is 51.7 Å². The van der Waals surface area contributed by atoms with Gasteiger partial charge in [0, 0.05) is 48.7 Å². The van der Waals surface area contributed by atoms with Gasteiger partial charge in [-0.2, -0.15) is 13.2 Å². The number of aromatic nitrogens is 2. The van der Waals surface area contributed by atoms with Gasteiger partial charge in [0.2, 0.25) is 0 Å². The van der Waals surface area contributed by atoms with Crippen molar-refractivity contribution in [2.75, 3.05) is 19.6 Å². The molecular weight excluding hydrogens is 407 g/mol. The lowest BCUT2D eigenvalue weighted by molar-refractivity contribution is -0.140. The molecule has 28 heavy (non-hydrogen) atoms. The second-order valence-corrected chi connectivity index (χ2v) is 9.07. The predicted molar refractivity (Wildman–Crippen MR) is 109 cm³/mol. The average Bonchev–Trinajstić information content (AvgIpc) is 3.23. The Labute approximate surface area is 171 Å². The number of hydrogen-bond acceptors (Lipinski definition) is 5. The van der Waals surface area contributed by atoms with Gasteiger partial charge < -0.3 is 10.6 Å². The summed E-state index contributed by atoms with van der Waals surface area (Å²) in [6.07, 6.45) is -3.23. The molecule has 10 heteroatoms. The Morgan fingerprint density at radius 1 is 1.00 bits per heavy atom. The van der Waals surface area contributed by atoms with E-state index in [0.717, 1.165) is 33.8 Å². The Morgan fingerprint density at radius 3 is 2.14 bits per heavy atom. The number of thiazole rings is 2. The first-order chi connectivity index (χ1) is 13.1. The van der Waals surface area contributed by atoms with E-state index in [1.54, 1.807) is 11.3 Å². The highest BCUT2D eigenvalue weighted by atomic mass is 32.1. The molecule has 2 aromatic heterocycles. The number of hydrogen-bond donors (Lipinski definition) is 2. The van der Waals surface area contributed by atoms with Crippen LogP contribution in [-0.2, 0) is 24.4 Å². The lowest BCUT2D eigenvalue weighted by atomic mass is 9.93. The predicted octanol–water partition coefficient (Wildman–Crippen LogP) is 4.26. The second-order valence-electron chi connectivity index (χ2n) is 7.19. The molecule has 0 radical (unpaired) electrons. The first-order valence-corrected chi connectivity index (χ1v) is 10.8. The molecule has 5 nitrogen and oxygen atoms in total. The van der Waals surface area contributed by atoms with Crippen molar-refractivity contribution in [3.05, 3.63) is 32.2 Å². The van der Waals surface area contributed by atoms with Gasteiger partial charge in [0.1, 0.15) is 0 Å². The molecule has 0 saturated heterocycles. The van der Waals surface area contributed by atoms with Gasteiger partial charge >= 0.3 is 6.18 Å². The van der Waals surface area contributed by atoms with E-state index in [1.807, 2.05) is 6.92 Å². The van der Waals surface area contributed by atoms with Crippen molar-refractivity contribution >= 4 is 28.6 Å². The minimum atomic E-state index is -4.39. The molecular formula is C18H26F3N5S2. The number of aliphatic imine (C=N–C) groups is 1. The van der Waals surface area contributed by atoms with Crippen LogP contribution in [0.2, 0.25) is 0 Å². The van der Waals surface area contributed by atoms with E-state index >= 15 is 0 Å².